The van der Waals surface area contributed by atoms with E-state index in [-0.39, 0.29) is 0 Å². The molecule has 1 rings (SSSR count). The molecular weight excluding hydrogens is 284 g/mol. The van der Waals surface area contributed by atoms with Crippen molar-refractivity contribution >= 4 is 27.7 Å². The minimum Gasteiger partial charge on any atom is -0.268 e. The summed E-state index contributed by atoms with van der Waals surface area (Å²) >= 11 is 5.68. The Balaban J connectivity index is 2.65. The summed E-state index contributed by atoms with van der Waals surface area (Å²) in [6, 6.07) is 0. The lowest BCUT2D eigenvalue weighted by Crippen LogP contribution is -2.02. The van der Waals surface area contributed by atoms with Gasteiger partial charge in [-0.2, -0.15) is 16.9 Å². The molecule has 0 fully saturated rings. The van der Waals surface area contributed by atoms with E-state index < -0.39 is 0 Å². The van der Waals surface area contributed by atoms with E-state index in [4.69, 9.17) is 0 Å². The molecular formula is C12H21BrN2S. The van der Waals surface area contributed by atoms with Gasteiger partial charge in [0.05, 0.1) is 15.9 Å². The number of nitrogens with zero attached hydrogens (tertiary/aromatic N) is 2. The molecule has 92 valence electrons. The number of hydrogen-bond donors (Lipinski definition) is 0. The first kappa shape index (κ1) is 14.1. The van der Waals surface area contributed by atoms with Gasteiger partial charge in [0.15, 0.2) is 0 Å². The van der Waals surface area contributed by atoms with E-state index >= 15 is 0 Å². The molecule has 0 aromatic carbocycles. The third-order valence-electron chi connectivity index (χ3n) is 2.58. The van der Waals surface area contributed by atoms with Crippen LogP contribution in [0.25, 0.3) is 0 Å². The number of unbranched alkanes of at least 4 members (excludes halogenated alkanes) is 1. The number of aromatic nitrogens is 2. The Morgan fingerprint density at radius 1 is 1.31 bits per heavy atom. The van der Waals surface area contributed by atoms with Crippen LogP contribution < -0.4 is 0 Å². The number of rotatable bonds is 7. The molecule has 0 amide bonds. The van der Waals surface area contributed by atoms with Gasteiger partial charge in [0.1, 0.15) is 0 Å². The summed E-state index contributed by atoms with van der Waals surface area (Å²) in [4.78, 5) is 0. The van der Waals surface area contributed by atoms with Crippen molar-refractivity contribution in [1.82, 2.24) is 9.78 Å². The first-order valence-corrected chi connectivity index (χ1v) is 8.01. The zero-order valence-electron chi connectivity index (χ0n) is 10.4. The SMILES string of the molecule is CCCCSCc1c(Br)c(CC)nn1CC. The number of thioether (sulfide) groups is 1. The van der Waals surface area contributed by atoms with E-state index in [1.807, 2.05) is 11.8 Å². The molecule has 0 saturated heterocycles. The molecule has 1 aromatic rings. The Labute approximate surface area is 111 Å². The first-order valence-electron chi connectivity index (χ1n) is 6.06. The molecule has 0 atom stereocenters. The normalized spacial score (nSPS) is 11.0. The van der Waals surface area contributed by atoms with Crippen LogP contribution in [0.15, 0.2) is 4.47 Å². The van der Waals surface area contributed by atoms with Gasteiger partial charge < -0.3 is 0 Å². The van der Waals surface area contributed by atoms with Crippen molar-refractivity contribution in [2.75, 3.05) is 5.75 Å². The molecule has 0 saturated carbocycles. The van der Waals surface area contributed by atoms with Crippen LogP contribution in [0.3, 0.4) is 0 Å². The van der Waals surface area contributed by atoms with Gasteiger partial charge >= 0.3 is 0 Å². The van der Waals surface area contributed by atoms with E-state index in [9.17, 15) is 0 Å². The van der Waals surface area contributed by atoms with E-state index in [2.05, 4.69) is 46.5 Å². The Morgan fingerprint density at radius 3 is 2.62 bits per heavy atom. The smallest absolute Gasteiger partial charge is 0.0767 e. The second-order valence-electron chi connectivity index (χ2n) is 3.78. The fourth-order valence-corrected chi connectivity index (χ4v) is 3.58. The molecule has 0 unspecified atom stereocenters. The first-order chi connectivity index (χ1) is 7.74. The second kappa shape index (κ2) is 7.38. The van der Waals surface area contributed by atoms with Crippen LogP contribution in [0.2, 0.25) is 0 Å². The van der Waals surface area contributed by atoms with Gasteiger partial charge in [0, 0.05) is 12.3 Å². The third kappa shape index (κ3) is 3.52. The van der Waals surface area contributed by atoms with Crippen molar-refractivity contribution < 1.29 is 0 Å². The maximum absolute atomic E-state index is 4.60. The number of halogens is 1. The van der Waals surface area contributed by atoms with E-state index in [1.165, 1.54) is 34.5 Å². The van der Waals surface area contributed by atoms with Crippen LogP contribution in [0.4, 0.5) is 0 Å². The maximum atomic E-state index is 4.60. The van der Waals surface area contributed by atoms with Gasteiger partial charge in [0.25, 0.3) is 0 Å². The predicted molar refractivity (Wildman–Crippen MR) is 76.0 cm³/mol. The lowest BCUT2D eigenvalue weighted by molar-refractivity contribution is 0.627. The summed E-state index contributed by atoms with van der Waals surface area (Å²) < 4.78 is 3.35. The summed E-state index contributed by atoms with van der Waals surface area (Å²) in [5.41, 5.74) is 2.54. The van der Waals surface area contributed by atoms with Gasteiger partial charge in [-0.25, -0.2) is 0 Å². The highest BCUT2D eigenvalue weighted by atomic mass is 79.9. The highest BCUT2D eigenvalue weighted by Crippen LogP contribution is 2.26. The van der Waals surface area contributed by atoms with Gasteiger partial charge in [-0.15, -0.1) is 0 Å². The fourth-order valence-electron chi connectivity index (χ4n) is 1.57. The molecule has 1 heterocycles. The number of aryl methyl sites for hydroxylation is 2. The molecule has 2 nitrogen and oxygen atoms in total. The van der Waals surface area contributed by atoms with E-state index in [1.54, 1.807) is 0 Å². The average molecular weight is 305 g/mol. The van der Waals surface area contributed by atoms with Crippen molar-refractivity contribution in [2.45, 2.75) is 52.3 Å². The molecule has 0 aliphatic heterocycles. The molecule has 0 radical (unpaired) electrons. The lowest BCUT2D eigenvalue weighted by atomic mass is 10.3. The van der Waals surface area contributed by atoms with Crippen molar-refractivity contribution in [3.63, 3.8) is 0 Å². The highest BCUT2D eigenvalue weighted by Gasteiger charge is 2.13. The maximum Gasteiger partial charge on any atom is 0.0767 e. The monoisotopic (exact) mass is 304 g/mol. The summed E-state index contributed by atoms with van der Waals surface area (Å²) in [6.07, 6.45) is 3.59. The zero-order valence-corrected chi connectivity index (χ0v) is 12.8. The predicted octanol–water partition coefficient (Wildman–Crippen LogP) is 4.26. The minimum absolute atomic E-state index is 0.961. The molecule has 0 spiro atoms. The van der Waals surface area contributed by atoms with Gasteiger partial charge in [-0.1, -0.05) is 20.3 Å². The molecule has 0 aliphatic rings. The van der Waals surface area contributed by atoms with Crippen LogP contribution in [0.5, 0.6) is 0 Å². The molecule has 0 bridgehead atoms. The van der Waals surface area contributed by atoms with Crippen LogP contribution in [0.1, 0.15) is 45.0 Å². The van der Waals surface area contributed by atoms with E-state index in [0.29, 0.717) is 0 Å². The summed E-state index contributed by atoms with van der Waals surface area (Å²) in [5.74, 6) is 2.32. The Morgan fingerprint density at radius 2 is 2.06 bits per heavy atom. The molecule has 16 heavy (non-hydrogen) atoms. The Bertz CT molecular complexity index is 323. The van der Waals surface area contributed by atoms with Gasteiger partial charge in [-0.05, 0) is 41.4 Å². The number of hydrogen-bond acceptors (Lipinski definition) is 2. The van der Waals surface area contributed by atoms with Crippen LogP contribution in [-0.4, -0.2) is 15.5 Å². The van der Waals surface area contributed by atoms with Crippen LogP contribution in [0, 0.1) is 0 Å². The van der Waals surface area contributed by atoms with Crippen molar-refractivity contribution in [1.29, 1.82) is 0 Å². The topological polar surface area (TPSA) is 17.8 Å². The van der Waals surface area contributed by atoms with Crippen molar-refractivity contribution in [2.24, 2.45) is 0 Å². The Hall–Kier alpha value is 0.0400. The minimum atomic E-state index is 0.961. The van der Waals surface area contributed by atoms with Crippen molar-refractivity contribution in [3.8, 4) is 0 Å². The third-order valence-corrected chi connectivity index (χ3v) is 4.55. The average Bonchev–Trinajstić information content (AvgIpc) is 2.61. The Kier molecular flexibility index (Phi) is 6.51. The van der Waals surface area contributed by atoms with Gasteiger partial charge in [-0.3, -0.25) is 4.68 Å². The standard InChI is InChI=1S/C12H21BrN2S/c1-4-7-8-16-9-11-12(13)10(5-2)14-15(11)6-3/h4-9H2,1-3H3. The lowest BCUT2D eigenvalue weighted by Gasteiger charge is -2.04. The highest BCUT2D eigenvalue weighted by molar-refractivity contribution is 9.10. The summed E-state index contributed by atoms with van der Waals surface area (Å²) in [6.45, 7) is 7.50. The van der Waals surface area contributed by atoms with Crippen LogP contribution in [-0.2, 0) is 18.7 Å². The molecule has 0 N–H and O–H groups in total. The van der Waals surface area contributed by atoms with Crippen molar-refractivity contribution in [3.05, 3.63) is 15.9 Å². The second-order valence-corrected chi connectivity index (χ2v) is 5.68. The summed E-state index contributed by atoms with van der Waals surface area (Å²) in [5, 5.41) is 4.60. The largest absolute Gasteiger partial charge is 0.268 e. The molecule has 0 aliphatic carbocycles. The fraction of sp³-hybridized carbons (Fsp3) is 0.750. The zero-order chi connectivity index (χ0) is 12.0. The van der Waals surface area contributed by atoms with Gasteiger partial charge in [0.2, 0.25) is 0 Å². The van der Waals surface area contributed by atoms with Crippen LogP contribution >= 0.6 is 27.7 Å². The summed E-state index contributed by atoms with van der Waals surface area (Å²) in [7, 11) is 0. The molecule has 1 aromatic heterocycles. The molecule has 4 heteroatoms. The van der Waals surface area contributed by atoms with E-state index in [0.717, 1.165) is 18.7 Å². The quantitative estimate of drug-likeness (QED) is 0.700.